The average molecular weight is 345 g/mol. The standard InChI is InChI=1S/C17H19N3O3S/c1-10-5-6-14(9-11(10)2)20-24(21,22)16-8-7-15(23-16)17-12(3)13(4)18-19-17/h5-9,20H,1-4H3,(H,18,19). The lowest BCUT2D eigenvalue weighted by atomic mass is 10.1. The molecule has 0 saturated carbocycles. The first-order valence-corrected chi connectivity index (χ1v) is 8.98. The Balaban J connectivity index is 1.90. The molecule has 1 aromatic carbocycles. The maximum Gasteiger partial charge on any atom is 0.295 e. The number of hydrogen-bond acceptors (Lipinski definition) is 4. The summed E-state index contributed by atoms with van der Waals surface area (Å²) in [6.07, 6.45) is 0. The van der Waals surface area contributed by atoms with Crippen molar-refractivity contribution in [1.29, 1.82) is 0 Å². The maximum absolute atomic E-state index is 12.5. The largest absolute Gasteiger partial charge is 0.441 e. The number of aromatic amines is 1. The molecule has 7 heteroatoms. The molecule has 3 aromatic rings. The van der Waals surface area contributed by atoms with Crippen LogP contribution in [-0.2, 0) is 10.0 Å². The van der Waals surface area contributed by atoms with E-state index in [9.17, 15) is 8.42 Å². The Kier molecular flexibility index (Phi) is 3.96. The highest BCUT2D eigenvalue weighted by molar-refractivity contribution is 7.92. The molecular formula is C17H19N3O3S. The van der Waals surface area contributed by atoms with Gasteiger partial charge in [0.05, 0.1) is 0 Å². The number of H-pyrrole nitrogens is 1. The first-order chi connectivity index (χ1) is 11.3. The second-order valence-corrected chi connectivity index (χ2v) is 7.46. The molecule has 2 aromatic heterocycles. The molecule has 0 amide bonds. The highest BCUT2D eigenvalue weighted by Crippen LogP contribution is 2.28. The Labute approximate surface area is 141 Å². The Morgan fingerprint density at radius 2 is 1.79 bits per heavy atom. The van der Waals surface area contributed by atoms with E-state index in [-0.39, 0.29) is 5.09 Å². The second kappa shape index (κ2) is 5.83. The van der Waals surface area contributed by atoms with E-state index < -0.39 is 10.0 Å². The van der Waals surface area contributed by atoms with Crippen LogP contribution in [0.4, 0.5) is 5.69 Å². The van der Waals surface area contributed by atoms with Crippen LogP contribution in [0, 0.1) is 27.7 Å². The molecule has 0 atom stereocenters. The van der Waals surface area contributed by atoms with Gasteiger partial charge in [0.25, 0.3) is 10.0 Å². The Morgan fingerprint density at radius 1 is 1.04 bits per heavy atom. The minimum Gasteiger partial charge on any atom is -0.441 e. The van der Waals surface area contributed by atoms with Crippen LogP contribution in [-0.4, -0.2) is 18.6 Å². The summed E-state index contributed by atoms with van der Waals surface area (Å²) in [5, 5.41) is 6.87. The molecule has 0 aliphatic heterocycles. The highest BCUT2D eigenvalue weighted by atomic mass is 32.2. The van der Waals surface area contributed by atoms with E-state index in [1.165, 1.54) is 6.07 Å². The summed E-state index contributed by atoms with van der Waals surface area (Å²) < 4.78 is 33.1. The first kappa shape index (κ1) is 16.3. The van der Waals surface area contributed by atoms with Crippen LogP contribution < -0.4 is 4.72 Å². The van der Waals surface area contributed by atoms with Crippen molar-refractivity contribution in [1.82, 2.24) is 10.2 Å². The molecule has 0 bridgehead atoms. The van der Waals surface area contributed by atoms with Crippen molar-refractivity contribution in [2.45, 2.75) is 32.8 Å². The minimum atomic E-state index is -3.79. The summed E-state index contributed by atoms with van der Waals surface area (Å²) in [5.41, 5.74) is 5.07. The van der Waals surface area contributed by atoms with Crippen molar-refractivity contribution in [2.24, 2.45) is 0 Å². The van der Waals surface area contributed by atoms with Crippen LogP contribution >= 0.6 is 0 Å². The van der Waals surface area contributed by atoms with Crippen molar-refractivity contribution < 1.29 is 12.8 Å². The third-order valence-corrected chi connectivity index (χ3v) is 5.35. The van der Waals surface area contributed by atoms with E-state index in [0.29, 0.717) is 17.1 Å². The van der Waals surface area contributed by atoms with Crippen LogP contribution in [0.3, 0.4) is 0 Å². The maximum atomic E-state index is 12.5. The topological polar surface area (TPSA) is 88.0 Å². The molecule has 2 N–H and O–H groups in total. The lowest BCUT2D eigenvalue weighted by molar-refractivity contribution is 0.461. The van der Waals surface area contributed by atoms with Gasteiger partial charge in [-0.05, 0) is 63.1 Å². The van der Waals surface area contributed by atoms with Gasteiger partial charge in [0.15, 0.2) is 5.76 Å². The monoisotopic (exact) mass is 345 g/mol. The number of aryl methyl sites for hydroxylation is 3. The van der Waals surface area contributed by atoms with E-state index in [2.05, 4.69) is 14.9 Å². The number of furan rings is 1. The molecule has 0 aliphatic rings. The summed E-state index contributed by atoms with van der Waals surface area (Å²) in [6, 6.07) is 8.43. The number of sulfonamides is 1. The zero-order valence-corrected chi connectivity index (χ0v) is 14.8. The van der Waals surface area contributed by atoms with Gasteiger partial charge in [-0.15, -0.1) is 0 Å². The van der Waals surface area contributed by atoms with Crippen molar-refractivity contribution in [2.75, 3.05) is 4.72 Å². The molecule has 0 saturated heterocycles. The van der Waals surface area contributed by atoms with Crippen LogP contribution in [0.25, 0.3) is 11.5 Å². The number of nitrogens with one attached hydrogen (secondary N) is 2. The second-order valence-electron chi connectivity index (χ2n) is 5.85. The number of aromatic nitrogens is 2. The lowest BCUT2D eigenvalue weighted by Gasteiger charge is -2.08. The molecule has 3 rings (SSSR count). The quantitative estimate of drug-likeness (QED) is 0.754. The van der Waals surface area contributed by atoms with Crippen LogP contribution in [0.2, 0.25) is 0 Å². The van der Waals surface area contributed by atoms with Gasteiger partial charge in [0.1, 0.15) is 5.69 Å². The fraction of sp³-hybridized carbons (Fsp3) is 0.235. The summed E-state index contributed by atoms with van der Waals surface area (Å²) in [4.78, 5) is 0. The molecular weight excluding hydrogens is 326 g/mol. The summed E-state index contributed by atoms with van der Waals surface area (Å²) in [6.45, 7) is 7.70. The van der Waals surface area contributed by atoms with Gasteiger partial charge in [-0.3, -0.25) is 9.82 Å². The molecule has 24 heavy (non-hydrogen) atoms. The van der Waals surface area contributed by atoms with Gasteiger partial charge in [0.2, 0.25) is 5.09 Å². The van der Waals surface area contributed by atoms with Crippen LogP contribution in [0.5, 0.6) is 0 Å². The van der Waals surface area contributed by atoms with Gasteiger partial charge in [-0.25, -0.2) is 0 Å². The van der Waals surface area contributed by atoms with Crippen molar-refractivity contribution in [3.8, 4) is 11.5 Å². The highest BCUT2D eigenvalue weighted by Gasteiger charge is 2.21. The van der Waals surface area contributed by atoms with Crippen molar-refractivity contribution >= 4 is 15.7 Å². The van der Waals surface area contributed by atoms with Crippen molar-refractivity contribution in [3.05, 3.63) is 52.7 Å². The Morgan fingerprint density at radius 3 is 2.42 bits per heavy atom. The lowest BCUT2D eigenvalue weighted by Crippen LogP contribution is -2.12. The predicted octanol–water partition coefficient (Wildman–Crippen LogP) is 3.70. The van der Waals surface area contributed by atoms with Crippen molar-refractivity contribution in [3.63, 3.8) is 0 Å². The molecule has 0 radical (unpaired) electrons. The minimum absolute atomic E-state index is 0.143. The third kappa shape index (κ3) is 2.94. The smallest absolute Gasteiger partial charge is 0.295 e. The Hall–Kier alpha value is -2.54. The van der Waals surface area contributed by atoms with E-state index >= 15 is 0 Å². The molecule has 0 unspecified atom stereocenters. The van der Waals surface area contributed by atoms with E-state index in [1.807, 2.05) is 33.8 Å². The number of hydrogen-bond donors (Lipinski definition) is 2. The number of rotatable bonds is 4. The first-order valence-electron chi connectivity index (χ1n) is 7.50. The number of benzene rings is 1. The summed E-state index contributed by atoms with van der Waals surface area (Å²) in [7, 11) is -3.79. The van der Waals surface area contributed by atoms with Gasteiger partial charge >= 0.3 is 0 Å². The zero-order chi connectivity index (χ0) is 17.5. The molecule has 126 valence electrons. The SMILES string of the molecule is Cc1ccc(NS(=O)(=O)c2ccc(-c3n[nH]c(C)c3C)o2)cc1C. The molecule has 0 aliphatic carbocycles. The molecule has 0 fully saturated rings. The van der Waals surface area contributed by atoms with Crippen LogP contribution in [0.15, 0.2) is 39.8 Å². The van der Waals surface area contributed by atoms with Crippen LogP contribution in [0.1, 0.15) is 22.4 Å². The van der Waals surface area contributed by atoms with Gasteiger partial charge in [-0.1, -0.05) is 6.07 Å². The fourth-order valence-electron chi connectivity index (χ4n) is 2.33. The molecule has 0 spiro atoms. The van der Waals surface area contributed by atoms with E-state index in [4.69, 9.17) is 4.42 Å². The van der Waals surface area contributed by atoms with E-state index in [1.54, 1.807) is 18.2 Å². The molecule has 6 nitrogen and oxygen atoms in total. The third-order valence-electron chi connectivity index (χ3n) is 4.09. The number of anilines is 1. The van der Waals surface area contributed by atoms with Gasteiger partial charge in [0, 0.05) is 16.9 Å². The predicted molar refractivity (Wildman–Crippen MR) is 92.5 cm³/mol. The molecule has 2 heterocycles. The Bertz CT molecular complexity index is 1000. The van der Waals surface area contributed by atoms with Gasteiger partial charge < -0.3 is 4.42 Å². The average Bonchev–Trinajstić information content (AvgIpc) is 3.12. The number of nitrogens with zero attached hydrogens (tertiary/aromatic N) is 1. The fourth-order valence-corrected chi connectivity index (χ4v) is 3.31. The zero-order valence-electron chi connectivity index (χ0n) is 14.0. The summed E-state index contributed by atoms with van der Waals surface area (Å²) >= 11 is 0. The van der Waals surface area contributed by atoms with Gasteiger partial charge in [-0.2, -0.15) is 13.5 Å². The summed E-state index contributed by atoms with van der Waals surface area (Å²) in [5.74, 6) is 0.414. The normalized spacial score (nSPS) is 11.7. The van der Waals surface area contributed by atoms with E-state index in [0.717, 1.165) is 22.4 Å².